The SMILES string of the molecule is COc1ccc(C)cc1S(=O)(=O)NCCCNC1CC1. The first-order valence-corrected chi connectivity index (χ1v) is 8.39. The van der Waals surface area contributed by atoms with E-state index in [1.54, 1.807) is 12.1 Å². The average Bonchev–Trinajstić information content (AvgIpc) is 3.22. The Labute approximate surface area is 120 Å². The Balaban J connectivity index is 1.92. The Hall–Kier alpha value is -1.11. The molecule has 0 unspecified atom stereocenters. The van der Waals surface area contributed by atoms with Crippen molar-refractivity contribution in [1.29, 1.82) is 0 Å². The number of hydrogen-bond acceptors (Lipinski definition) is 4. The van der Waals surface area contributed by atoms with Crippen LogP contribution in [0.4, 0.5) is 0 Å². The van der Waals surface area contributed by atoms with Crippen LogP contribution in [0.5, 0.6) is 5.75 Å². The molecule has 2 N–H and O–H groups in total. The number of methoxy groups -OCH3 is 1. The molecule has 1 fully saturated rings. The second-order valence-corrected chi connectivity index (χ2v) is 6.87. The number of ether oxygens (including phenoxy) is 1. The van der Waals surface area contributed by atoms with Gasteiger partial charge in [0, 0.05) is 12.6 Å². The highest BCUT2D eigenvalue weighted by Gasteiger charge is 2.21. The van der Waals surface area contributed by atoms with E-state index >= 15 is 0 Å². The molecule has 112 valence electrons. The molecule has 0 saturated heterocycles. The van der Waals surface area contributed by atoms with Gasteiger partial charge in [-0.05, 0) is 50.4 Å². The number of nitrogens with one attached hydrogen (secondary N) is 2. The van der Waals surface area contributed by atoms with Crippen molar-refractivity contribution in [2.75, 3.05) is 20.2 Å². The molecule has 5 nitrogen and oxygen atoms in total. The number of rotatable bonds is 8. The van der Waals surface area contributed by atoms with Crippen molar-refractivity contribution in [1.82, 2.24) is 10.0 Å². The fraction of sp³-hybridized carbons (Fsp3) is 0.571. The maximum Gasteiger partial charge on any atom is 0.244 e. The van der Waals surface area contributed by atoms with E-state index in [2.05, 4.69) is 10.0 Å². The van der Waals surface area contributed by atoms with Crippen molar-refractivity contribution >= 4 is 10.0 Å². The van der Waals surface area contributed by atoms with E-state index in [1.165, 1.54) is 20.0 Å². The van der Waals surface area contributed by atoms with Crippen LogP contribution in [0.25, 0.3) is 0 Å². The van der Waals surface area contributed by atoms with Crippen molar-refractivity contribution in [3.05, 3.63) is 23.8 Å². The second-order valence-electron chi connectivity index (χ2n) is 5.13. The van der Waals surface area contributed by atoms with E-state index in [-0.39, 0.29) is 4.90 Å². The van der Waals surface area contributed by atoms with Crippen LogP contribution in [0.15, 0.2) is 23.1 Å². The third kappa shape index (κ3) is 4.19. The van der Waals surface area contributed by atoms with Gasteiger partial charge in [-0.2, -0.15) is 0 Å². The summed E-state index contributed by atoms with van der Waals surface area (Å²) >= 11 is 0. The molecule has 6 heteroatoms. The van der Waals surface area contributed by atoms with Gasteiger partial charge in [-0.25, -0.2) is 13.1 Å². The van der Waals surface area contributed by atoms with Gasteiger partial charge in [0.1, 0.15) is 10.6 Å². The van der Waals surface area contributed by atoms with Crippen LogP contribution in [-0.4, -0.2) is 34.7 Å². The molecule has 0 amide bonds. The minimum absolute atomic E-state index is 0.204. The van der Waals surface area contributed by atoms with Crippen LogP contribution < -0.4 is 14.8 Å². The lowest BCUT2D eigenvalue weighted by atomic mass is 10.2. The maximum absolute atomic E-state index is 12.3. The Morgan fingerprint density at radius 2 is 2.05 bits per heavy atom. The van der Waals surface area contributed by atoms with E-state index in [4.69, 9.17) is 4.74 Å². The van der Waals surface area contributed by atoms with E-state index < -0.39 is 10.0 Å². The van der Waals surface area contributed by atoms with Crippen LogP contribution in [0.2, 0.25) is 0 Å². The number of sulfonamides is 1. The monoisotopic (exact) mass is 298 g/mol. The standard InChI is InChI=1S/C14H22N2O3S/c1-11-4-7-13(19-2)14(10-11)20(17,18)16-9-3-8-15-12-5-6-12/h4,7,10,12,15-16H,3,5-6,8-9H2,1-2H3. The van der Waals surface area contributed by atoms with Crippen molar-refractivity contribution in [3.63, 3.8) is 0 Å². The molecule has 0 aromatic heterocycles. The van der Waals surface area contributed by atoms with Gasteiger partial charge >= 0.3 is 0 Å². The van der Waals surface area contributed by atoms with Gasteiger partial charge < -0.3 is 10.1 Å². The Bertz CT molecular complexity index is 554. The molecule has 1 aliphatic carbocycles. The smallest absolute Gasteiger partial charge is 0.244 e. The molecule has 0 spiro atoms. The number of benzene rings is 1. The zero-order chi connectivity index (χ0) is 14.6. The molecule has 0 atom stereocenters. The molecule has 20 heavy (non-hydrogen) atoms. The molecule has 0 bridgehead atoms. The normalized spacial score (nSPS) is 15.3. The fourth-order valence-electron chi connectivity index (χ4n) is 1.96. The van der Waals surface area contributed by atoms with Crippen LogP contribution in [0.1, 0.15) is 24.8 Å². The fourth-order valence-corrected chi connectivity index (χ4v) is 3.29. The Morgan fingerprint density at radius 3 is 2.70 bits per heavy atom. The number of aryl methyl sites for hydroxylation is 1. The molecule has 0 heterocycles. The first-order valence-electron chi connectivity index (χ1n) is 6.90. The molecule has 1 saturated carbocycles. The summed E-state index contributed by atoms with van der Waals surface area (Å²) < 4.78 is 32.3. The van der Waals surface area contributed by atoms with Crippen LogP contribution in [0.3, 0.4) is 0 Å². The van der Waals surface area contributed by atoms with Crippen LogP contribution >= 0.6 is 0 Å². The van der Waals surface area contributed by atoms with Gasteiger partial charge in [0.2, 0.25) is 10.0 Å². The van der Waals surface area contributed by atoms with Crippen molar-refractivity contribution in [2.45, 2.75) is 37.1 Å². The molecule has 0 radical (unpaired) electrons. The predicted molar refractivity (Wildman–Crippen MR) is 78.6 cm³/mol. The van der Waals surface area contributed by atoms with Gasteiger partial charge in [-0.3, -0.25) is 0 Å². The summed E-state index contributed by atoms with van der Waals surface area (Å²) in [5.41, 5.74) is 0.890. The summed E-state index contributed by atoms with van der Waals surface area (Å²) in [7, 11) is -2.04. The second kappa shape index (κ2) is 6.56. The summed E-state index contributed by atoms with van der Waals surface area (Å²) in [4.78, 5) is 0.204. The van der Waals surface area contributed by atoms with Gasteiger partial charge in [0.15, 0.2) is 0 Å². The van der Waals surface area contributed by atoms with Crippen LogP contribution in [0, 0.1) is 6.92 Å². The van der Waals surface area contributed by atoms with Gasteiger partial charge in [0.05, 0.1) is 7.11 Å². The lowest BCUT2D eigenvalue weighted by Crippen LogP contribution is -2.28. The highest BCUT2D eigenvalue weighted by molar-refractivity contribution is 7.89. The maximum atomic E-state index is 12.3. The molecular formula is C14H22N2O3S. The minimum Gasteiger partial charge on any atom is -0.495 e. The molecule has 1 aromatic carbocycles. The summed E-state index contributed by atoms with van der Waals surface area (Å²) in [6, 6.07) is 5.79. The predicted octanol–water partition coefficient (Wildman–Crippen LogP) is 1.42. The lowest BCUT2D eigenvalue weighted by molar-refractivity contribution is 0.402. The van der Waals surface area contributed by atoms with E-state index in [0.29, 0.717) is 18.3 Å². The first-order chi connectivity index (χ1) is 9.53. The quantitative estimate of drug-likeness (QED) is 0.712. The van der Waals surface area contributed by atoms with Crippen molar-refractivity contribution < 1.29 is 13.2 Å². The summed E-state index contributed by atoms with van der Waals surface area (Å²) in [6.45, 7) is 3.13. The zero-order valence-electron chi connectivity index (χ0n) is 12.0. The van der Waals surface area contributed by atoms with Crippen molar-refractivity contribution in [2.24, 2.45) is 0 Å². The molecule has 1 aliphatic rings. The van der Waals surface area contributed by atoms with E-state index in [9.17, 15) is 8.42 Å². The third-order valence-electron chi connectivity index (χ3n) is 3.26. The Kier molecular flexibility index (Phi) is 5.01. The first kappa shape index (κ1) is 15.3. The lowest BCUT2D eigenvalue weighted by Gasteiger charge is -2.11. The van der Waals surface area contributed by atoms with E-state index in [0.717, 1.165) is 18.5 Å². The molecule has 2 rings (SSSR count). The zero-order valence-corrected chi connectivity index (χ0v) is 12.8. The molecule has 0 aliphatic heterocycles. The minimum atomic E-state index is -3.51. The summed E-state index contributed by atoms with van der Waals surface area (Å²) in [5.74, 6) is 0.374. The van der Waals surface area contributed by atoms with Crippen molar-refractivity contribution in [3.8, 4) is 5.75 Å². The van der Waals surface area contributed by atoms with Gasteiger partial charge in [-0.1, -0.05) is 6.07 Å². The highest BCUT2D eigenvalue weighted by Crippen LogP contribution is 2.24. The third-order valence-corrected chi connectivity index (χ3v) is 4.75. The summed E-state index contributed by atoms with van der Waals surface area (Å²) in [5, 5.41) is 3.35. The summed E-state index contributed by atoms with van der Waals surface area (Å²) in [6.07, 6.45) is 3.27. The van der Waals surface area contributed by atoms with E-state index in [1.807, 2.05) is 13.0 Å². The topological polar surface area (TPSA) is 67.4 Å². The van der Waals surface area contributed by atoms with Gasteiger partial charge in [0.25, 0.3) is 0 Å². The molecular weight excluding hydrogens is 276 g/mol. The highest BCUT2D eigenvalue weighted by atomic mass is 32.2. The number of hydrogen-bond donors (Lipinski definition) is 2. The van der Waals surface area contributed by atoms with Gasteiger partial charge in [-0.15, -0.1) is 0 Å². The molecule has 1 aromatic rings. The average molecular weight is 298 g/mol. The van der Waals surface area contributed by atoms with Crippen LogP contribution in [-0.2, 0) is 10.0 Å². The largest absolute Gasteiger partial charge is 0.495 e. The Morgan fingerprint density at radius 1 is 1.30 bits per heavy atom.